The zero-order valence-electron chi connectivity index (χ0n) is 6.52. The Bertz CT molecular complexity index is 475. The van der Waals surface area contributed by atoms with Gasteiger partial charge in [0.05, 0.1) is 5.39 Å². The second kappa shape index (κ2) is 2.48. The Morgan fingerprint density at radius 2 is 2.31 bits per heavy atom. The predicted octanol–water partition coefficient (Wildman–Crippen LogP) is 1.11. The van der Waals surface area contributed by atoms with E-state index in [4.69, 9.17) is 15.4 Å². The summed E-state index contributed by atoms with van der Waals surface area (Å²) in [7, 11) is 0. The van der Waals surface area contributed by atoms with Crippen LogP contribution in [0.4, 0.5) is 5.69 Å². The molecule has 13 heavy (non-hydrogen) atoms. The van der Waals surface area contributed by atoms with Crippen LogP contribution >= 0.6 is 0 Å². The van der Waals surface area contributed by atoms with Crippen molar-refractivity contribution < 1.29 is 14.4 Å². The molecule has 5 nitrogen and oxygen atoms in total. The first-order chi connectivity index (χ1) is 6.18. The van der Waals surface area contributed by atoms with E-state index in [-0.39, 0.29) is 5.69 Å². The van der Waals surface area contributed by atoms with Crippen LogP contribution in [0.5, 0.6) is 0 Å². The van der Waals surface area contributed by atoms with Crippen molar-refractivity contribution >= 4 is 22.6 Å². The molecule has 2 rings (SSSR count). The Hall–Kier alpha value is -2.04. The van der Waals surface area contributed by atoms with E-state index < -0.39 is 5.97 Å². The topological polar surface area (TPSA) is 89.4 Å². The molecule has 1 heterocycles. The molecule has 0 radical (unpaired) electrons. The van der Waals surface area contributed by atoms with Crippen molar-refractivity contribution in [1.82, 2.24) is 5.16 Å². The zero-order valence-corrected chi connectivity index (χ0v) is 6.52. The minimum Gasteiger partial charge on any atom is -0.476 e. The summed E-state index contributed by atoms with van der Waals surface area (Å²) in [5.41, 5.74) is 6.29. The highest BCUT2D eigenvalue weighted by molar-refractivity contribution is 6.00. The zero-order chi connectivity index (χ0) is 9.42. The van der Waals surface area contributed by atoms with Crippen molar-refractivity contribution in [3.8, 4) is 0 Å². The second-order valence-corrected chi connectivity index (χ2v) is 2.59. The quantitative estimate of drug-likeness (QED) is 0.638. The summed E-state index contributed by atoms with van der Waals surface area (Å²) in [4.78, 5) is 10.6. The average molecular weight is 178 g/mol. The molecule has 1 aromatic heterocycles. The summed E-state index contributed by atoms with van der Waals surface area (Å²) in [5.74, 6) is -1.11. The first kappa shape index (κ1) is 7.60. The molecule has 0 spiro atoms. The van der Waals surface area contributed by atoms with Gasteiger partial charge in [-0.1, -0.05) is 5.16 Å². The van der Waals surface area contributed by atoms with Crippen LogP contribution < -0.4 is 5.73 Å². The van der Waals surface area contributed by atoms with Gasteiger partial charge >= 0.3 is 5.97 Å². The highest BCUT2D eigenvalue weighted by atomic mass is 16.5. The summed E-state index contributed by atoms with van der Waals surface area (Å²) < 4.78 is 4.78. The number of fused-ring (bicyclic) bond motifs is 1. The fourth-order valence-corrected chi connectivity index (χ4v) is 1.11. The molecule has 0 aliphatic rings. The van der Waals surface area contributed by atoms with Gasteiger partial charge in [-0.15, -0.1) is 0 Å². The standard InChI is InChI=1S/C8H6N2O3/c9-4-1-2-5-6(3-4)13-10-7(5)8(11)12/h1-3H,9H2,(H,11,12). The van der Waals surface area contributed by atoms with Gasteiger partial charge in [0.15, 0.2) is 11.3 Å². The van der Waals surface area contributed by atoms with Crippen LogP contribution in [0.25, 0.3) is 11.0 Å². The molecular weight excluding hydrogens is 172 g/mol. The molecule has 0 bridgehead atoms. The van der Waals surface area contributed by atoms with Gasteiger partial charge in [-0.05, 0) is 12.1 Å². The molecular formula is C8H6N2O3. The molecule has 66 valence electrons. The Morgan fingerprint density at radius 1 is 1.54 bits per heavy atom. The SMILES string of the molecule is Nc1ccc2c(C(=O)O)noc2c1. The van der Waals surface area contributed by atoms with Crippen LogP contribution in [0.15, 0.2) is 22.7 Å². The highest BCUT2D eigenvalue weighted by Gasteiger charge is 2.14. The third-order valence-corrected chi connectivity index (χ3v) is 1.70. The number of nitrogen functional groups attached to an aromatic ring is 1. The van der Waals surface area contributed by atoms with Crippen molar-refractivity contribution in [1.29, 1.82) is 0 Å². The molecule has 0 atom stereocenters. The molecule has 3 N–H and O–H groups in total. The normalized spacial score (nSPS) is 10.5. The maximum absolute atomic E-state index is 10.6. The van der Waals surface area contributed by atoms with Gasteiger partial charge < -0.3 is 15.4 Å². The van der Waals surface area contributed by atoms with Crippen LogP contribution in [0.3, 0.4) is 0 Å². The first-order valence-corrected chi connectivity index (χ1v) is 3.56. The van der Waals surface area contributed by atoms with E-state index in [1.54, 1.807) is 12.1 Å². The summed E-state index contributed by atoms with van der Waals surface area (Å²) >= 11 is 0. The molecule has 0 aliphatic carbocycles. The number of hydrogen-bond acceptors (Lipinski definition) is 4. The summed E-state index contributed by atoms with van der Waals surface area (Å²) in [6.45, 7) is 0. The first-order valence-electron chi connectivity index (χ1n) is 3.56. The minimum absolute atomic E-state index is 0.0880. The summed E-state index contributed by atoms with van der Waals surface area (Å²) in [5, 5.41) is 12.6. The highest BCUT2D eigenvalue weighted by Crippen LogP contribution is 2.20. The molecule has 0 fully saturated rings. The van der Waals surface area contributed by atoms with Crippen molar-refractivity contribution in [2.45, 2.75) is 0 Å². The Labute approximate surface area is 72.7 Å². The molecule has 5 heteroatoms. The maximum atomic E-state index is 10.6. The molecule has 2 aromatic rings. The smallest absolute Gasteiger partial charge is 0.358 e. The Morgan fingerprint density at radius 3 is 3.00 bits per heavy atom. The lowest BCUT2D eigenvalue weighted by Crippen LogP contribution is -1.96. The lowest BCUT2D eigenvalue weighted by atomic mass is 10.2. The summed E-state index contributed by atoms with van der Waals surface area (Å²) in [6, 6.07) is 4.71. The van der Waals surface area contributed by atoms with Gasteiger partial charge in [0.2, 0.25) is 0 Å². The number of benzene rings is 1. The number of aromatic nitrogens is 1. The predicted molar refractivity (Wildman–Crippen MR) is 45.4 cm³/mol. The van der Waals surface area contributed by atoms with Gasteiger partial charge in [0.1, 0.15) is 0 Å². The molecule has 1 aromatic carbocycles. The van der Waals surface area contributed by atoms with Gasteiger partial charge in [0, 0.05) is 11.8 Å². The number of aromatic carboxylic acids is 1. The van der Waals surface area contributed by atoms with Crippen LogP contribution in [0, 0.1) is 0 Å². The molecule has 0 saturated carbocycles. The Kier molecular flexibility index (Phi) is 1.45. The van der Waals surface area contributed by atoms with E-state index in [0.717, 1.165) is 0 Å². The van der Waals surface area contributed by atoms with Crippen LogP contribution in [-0.2, 0) is 0 Å². The van der Waals surface area contributed by atoms with Gasteiger partial charge in [-0.25, -0.2) is 4.79 Å². The van der Waals surface area contributed by atoms with Gasteiger partial charge in [-0.2, -0.15) is 0 Å². The minimum atomic E-state index is -1.11. The van der Waals surface area contributed by atoms with Crippen molar-refractivity contribution in [2.75, 3.05) is 5.73 Å². The number of carboxylic acid groups (broad SMARTS) is 1. The van der Waals surface area contributed by atoms with Crippen LogP contribution in [-0.4, -0.2) is 16.2 Å². The number of hydrogen-bond donors (Lipinski definition) is 2. The van der Waals surface area contributed by atoms with E-state index in [1.807, 2.05) is 0 Å². The monoisotopic (exact) mass is 178 g/mol. The van der Waals surface area contributed by atoms with Crippen molar-refractivity contribution in [2.24, 2.45) is 0 Å². The van der Waals surface area contributed by atoms with E-state index in [0.29, 0.717) is 16.7 Å². The molecule has 0 unspecified atom stereocenters. The largest absolute Gasteiger partial charge is 0.476 e. The number of nitrogens with zero attached hydrogens (tertiary/aromatic N) is 1. The lowest BCUT2D eigenvalue weighted by Gasteiger charge is -1.90. The van der Waals surface area contributed by atoms with E-state index in [2.05, 4.69) is 5.16 Å². The van der Waals surface area contributed by atoms with Crippen molar-refractivity contribution in [3.63, 3.8) is 0 Å². The van der Waals surface area contributed by atoms with E-state index >= 15 is 0 Å². The van der Waals surface area contributed by atoms with Crippen molar-refractivity contribution in [3.05, 3.63) is 23.9 Å². The third kappa shape index (κ3) is 1.10. The maximum Gasteiger partial charge on any atom is 0.358 e. The number of nitrogens with two attached hydrogens (primary N) is 1. The third-order valence-electron chi connectivity index (χ3n) is 1.70. The van der Waals surface area contributed by atoms with E-state index in [9.17, 15) is 4.79 Å². The molecule has 0 aliphatic heterocycles. The number of carboxylic acids is 1. The number of carbonyl (C=O) groups is 1. The molecule has 0 saturated heterocycles. The fraction of sp³-hybridized carbons (Fsp3) is 0. The number of anilines is 1. The number of rotatable bonds is 1. The average Bonchev–Trinajstić information content (AvgIpc) is 2.46. The van der Waals surface area contributed by atoms with Gasteiger partial charge in [-0.3, -0.25) is 0 Å². The van der Waals surface area contributed by atoms with E-state index in [1.165, 1.54) is 6.07 Å². The Balaban J connectivity index is 2.76. The van der Waals surface area contributed by atoms with Gasteiger partial charge in [0.25, 0.3) is 0 Å². The summed E-state index contributed by atoms with van der Waals surface area (Å²) in [6.07, 6.45) is 0. The van der Waals surface area contributed by atoms with Crippen LogP contribution in [0.2, 0.25) is 0 Å². The van der Waals surface area contributed by atoms with Crippen LogP contribution in [0.1, 0.15) is 10.5 Å². The fourth-order valence-electron chi connectivity index (χ4n) is 1.11. The second-order valence-electron chi connectivity index (χ2n) is 2.59. The molecule has 0 amide bonds. The lowest BCUT2D eigenvalue weighted by molar-refractivity contribution is 0.0688.